The molecule has 8 N–H and O–H groups in total. The molecular weight excluding hydrogens is 698 g/mol. The molecule has 3 amide bonds. The number of rotatable bonds is 16. The molecule has 0 spiro atoms. The molecule has 3 aliphatic rings. The van der Waals surface area contributed by atoms with Crippen LogP contribution in [0.25, 0.3) is 0 Å². The first-order valence-corrected chi connectivity index (χ1v) is 18.8. The van der Waals surface area contributed by atoms with Gasteiger partial charge in [-0.3, -0.25) is 19.3 Å². The van der Waals surface area contributed by atoms with Crippen LogP contribution in [0, 0.1) is 11.8 Å². The number of fused-ring (bicyclic) bond motifs is 1. The molecule has 296 valence electrons. The number of carboxylic acid groups (broad SMARTS) is 1. The maximum Gasteiger partial charge on any atom is 0.345 e. The fourth-order valence-electron chi connectivity index (χ4n) is 7.15. The van der Waals surface area contributed by atoms with Gasteiger partial charge in [0, 0.05) is 36.1 Å². The van der Waals surface area contributed by atoms with E-state index in [0.29, 0.717) is 17.8 Å². The smallest absolute Gasteiger partial charge is 0.345 e. The van der Waals surface area contributed by atoms with Crippen LogP contribution in [0.1, 0.15) is 75.3 Å². The van der Waals surface area contributed by atoms with Crippen molar-refractivity contribution in [3.05, 3.63) is 59.7 Å². The van der Waals surface area contributed by atoms with Crippen molar-refractivity contribution in [2.45, 2.75) is 95.0 Å². The number of likely N-dealkylation sites (N-methyl/N-ethyl adjacent to an activating group) is 1. The first kappa shape index (κ1) is 42.5. The highest BCUT2D eigenvalue weighted by Crippen LogP contribution is 2.35. The lowest BCUT2D eigenvalue weighted by molar-refractivity contribution is -0.137. The molecule has 5 rings (SSSR count). The van der Waals surface area contributed by atoms with E-state index in [1.807, 2.05) is 30.3 Å². The van der Waals surface area contributed by atoms with Crippen molar-refractivity contribution < 1.29 is 49.8 Å². The Morgan fingerprint density at radius 3 is 2.20 bits per heavy atom. The molecule has 2 aromatic carbocycles. The van der Waals surface area contributed by atoms with Crippen molar-refractivity contribution in [2.75, 3.05) is 43.5 Å². The number of ketones is 1. The minimum absolute atomic E-state index is 0.00565. The van der Waals surface area contributed by atoms with Gasteiger partial charge in [-0.1, -0.05) is 62.4 Å². The quantitative estimate of drug-likeness (QED) is 0.124. The number of carboxylic acids is 1. The molecule has 0 radical (unpaired) electrons. The third-order valence-electron chi connectivity index (χ3n) is 10.1. The van der Waals surface area contributed by atoms with Gasteiger partial charge in [-0.05, 0) is 62.9 Å². The average Bonchev–Trinajstić information content (AvgIpc) is 3.70. The fourth-order valence-corrected chi connectivity index (χ4v) is 7.15. The lowest BCUT2D eigenvalue weighted by atomic mass is 9.83. The number of Topliss-reactive ketones (excluding diaryl/α,β-unsaturated/α-hetero) is 1. The van der Waals surface area contributed by atoms with E-state index in [-0.39, 0.29) is 43.7 Å². The monoisotopic (exact) mass is 753 g/mol. The van der Waals surface area contributed by atoms with Crippen LogP contribution in [-0.4, -0.2) is 123 Å². The van der Waals surface area contributed by atoms with Crippen LogP contribution in [0.2, 0.25) is 0 Å². The summed E-state index contributed by atoms with van der Waals surface area (Å²) in [6, 6.07) is 14.2. The summed E-state index contributed by atoms with van der Waals surface area (Å²) < 4.78 is 0. The molecule has 2 fully saturated rings. The topological polar surface area (TPSA) is 233 Å². The molecule has 1 aliphatic heterocycles. The second kappa shape index (κ2) is 21.0. The number of amides is 3. The largest absolute Gasteiger partial charge is 0.481 e. The van der Waals surface area contributed by atoms with E-state index in [2.05, 4.69) is 10.6 Å². The number of urea groups is 1. The van der Waals surface area contributed by atoms with Crippen molar-refractivity contribution in [1.82, 2.24) is 10.3 Å². The predicted octanol–water partition coefficient (Wildman–Crippen LogP) is 2.27. The van der Waals surface area contributed by atoms with Crippen molar-refractivity contribution >= 4 is 40.8 Å². The van der Waals surface area contributed by atoms with E-state index in [0.717, 1.165) is 68.2 Å². The lowest BCUT2D eigenvalue weighted by Crippen LogP contribution is -2.48. The predicted molar refractivity (Wildman–Crippen MR) is 202 cm³/mol. The van der Waals surface area contributed by atoms with Gasteiger partial charge in [0.1, 0.15) is 24.9 Å². The Morgan fingerprint density at radius 1 is 0.870 bits per heavy atom. The van der Waals surface area contributed by atoms with Gasteiger partial charge in [-0.15, -0.1) is 0 Å². The zero-order chi connectivity index (χ0) is 39.2. The zero-order valence-corrected chi connectivity index (χ0v) is 30.8. The zero-order valence-electron chi connectivity index (χ0n) is 30.8. The molecule has 0 aromatic heterocycles. The maximum atomic E-state index is 14.0. The number of aryl methyl sites for hydroxylation is 1. The number of nitrogens with one attached hydrogen (secondary N) is 2. The normalized spacial score (nSPS) is 18.7. The molecule has 0 unspecified atom stereocenters. The Bertz CT molecular complexity index is 1590. The average molecular weight is 754 g/mol. The Hall–Kier alpha value is -4.25. The summed E-state index contributed by atoms with van der Waals surface area (Å²) in [5.74, 6) is -1.13. The summed E-state index contributed by atoms with van der Waals surface area (Å²) in [4.78, 5) is 53.1. The highest BCUT2D eigenvalue weighted by Gasteiger charge is 2.36. The van der Waals surface area contributed by atoms with Gasteiger partial charge in [0.2, 0.25) is 5.91 Å². The number of aliphatic hydroxyl groups is 5. The highest BCUT2D eigenvalue weighted by atomic mass is 16.4. The molecule has 0 bridgehead atoms. The second-order valence-electron chi connectivity index (χ2n) is 14.2. The molecule has 54 heavy (non-hydrogen) atoms. The van der Waals surface area contributed by atoms with E-state index < -0.39 is 48.9 Å². The summed E-state index contributed by atoms with van der Waals surface area (Å²) in [6.45, 7) is -0.922. The number of para-hydroxylation sites is 1. The first-order chi connectivity index (χ1) is 25.9. The summed E-state index contributed by atoms with van der Waals surface area (Å²) in [7, 11) is 1.57. The van der Waals surface area contributed by atoms with E-state index >= 15 is 0 Å². The van der Waals surface area contributed by atoms with Gasteiger partial charge < -0.3 is 41.3 Å². The van der Waals surface area contributed by atoms with E-state index in [9.17, 15) is 24.3 Å². The number of aliphatic hydroxyl groups excluding tert-OH is 5. The van der Waals surface area contributed by atoms with Crippen molar-refractivity contribution in [3.63, 3.8) is 0 Å². The Morgan fingerprint density at radius 2 is 1.54 bits per heavy atom. The van der Waals surface area contributed by atoms with Crippen LogP contribution in [-0.2, 0) is 20.8 Å². The standard InChI is InChI=1S/C32H38N4O5.C7H17NO5/c37-28(23-10-4-5-11-23)20-35-27-16-7-6-15-26(27)31(24-12-2-1-3-13-24)34-36(32(35)41)21-29(38)33-25-14-8-9-22(19-25)17-18-30(39)40;1-8-2-4(10)6(12)7(13)5(11)3-9/h6-9,14-16,19,23-24H,1-5,10-13,17-18,20-21H2,(H,33,38)(H,39,40);4-13H,2-3H2,1H3/t;4-,5+,6+,7+/m.0/s1. The fraction of sp³-hybridized carbons (Fsp3) is 0.564. The molecule has 0 saturated heterocycles. The van der Waals surface area contributed by atoms with Crippen LogP contribution in [0.5, 0.6) is 0 Å². The number of hydrogen-bond donors (Lipinski definition) is 8. The van der Waals surface area contributed by atoms with Crippen molar-refractivity contribution in [2.24, 2.45) is 16.9 Å². The Balaban J connectivity index is 0.000000428. The highest BCUT2D eigenvalue weighted by molar-refractivity contribution is 6.13. The van der Waals surface area contributed by atoms with Crippen LogP contribution in [0.3, 0.4) is 0 Å². The van der Waals surface area contributed by atoms with E-state index in [1.54, 1.807) is 25.2 Å². The summed E-state index contributed by atoms with van der Waals surface area (Å²) in [6.07, 6.45) is 3.72. The summed E-state index contributed by atoms with van der Waals surface area (Å²) in [5, 5.41) is 65.4. The molecule has 15 heteroatoms. The minimum Gasteiger partial charge on any atom is -0.481 e. The molecule has 2 aliphatic carbocycles. The number of aliphatic carboxylic acids is 1. The van der Waals surface area contributed by atoms with Crippen molar-refractivity contribution in [3.8, 4) is 0 Å². The van der Waals surface area contributed by atoms with Gasteiger partial charge in [0.25, 0.3) is 0 Å². The summed E-state index contributed by atoms with van der Waals surface area (Å²) >= 11 is 0. The Kier molecular flexibility index (Phi) is 16.5. The molecule has 4 atom stereocenters. The maximum absolute atomic E-state index is 14.0. The number of anilines is 2. The van der Waals surface area contributed by atoms with E-state index in [4.69, 9.17) is 30.6 Å². The van der Waals surface area contributed by atoms with Gasteiger partial charge in [0.15, 0.2) is 5.78 Å². The third-order valence-corrected chi connectivity index (χ3v) is 10.1. The number of hydrazone groups is 1. The molecule has 15 nitrogen and oxygen atoms in total. The van der Waals surface area contributed by atoms with Crippen LogP contribution >= 0.6 is 0 Å². The molecule has 2 saturated carbocycles. The third kappa shape index (κ3) is 11.9. The number of nitrogens with zero attached hydrogens (tertiary/aromatic N) is 3. The first-order valence-electron chi connectivity index (χ1n) is 18.8. The van der Waals surface area contributed by atoms with Gasteiger partial charge >= 0.3 is 12.0 Å². The van der Waals surface area contributed by atoms with Crippen LogP contribution in [0.4, 0.5) is 16.2 Å². The summed E-state index contributed by atoms with van der Waals surface area (Å²) in [5.41, 5.74) is 3.63. The van der Waals surface area contributed by atoms with Crippen LogP contribution < -0.4 is 15.5 Å². The minimum atomic E-state index is -1.55. The molecular formula is C39H55N5O10. The number of benzene rings is 2. The molecule has 2 aromatic rings. The van der Waals surface area contributed by atoms with Crippen molar-refractivity contribution in [1.29, 1.82) is 0 Å². The van der Waals surface area contributed by atoms with Gasteiger partial charge in [0.05, 0.1) is 30.7 Å². The Labute approximate surface area is 315 Å². The number of carbonyl (C=O) groups is 4. The van der Waals surface area contributed by atoms with Gasteiger partial charge in [-0.25, -0.2) is 9.80 Å². The van der Waals surface area contributed by atoms with Crippen LogP contribution in [0.15, 0.2) is 53.6 Å². The second-order valence-corrected chi connectivity index (χ2v) is 14.2. The number of hydrogen-bond acceptors (Lipinski definition) is 11. The van der Waals surface area contributed by atoms with Gasteiger partial charge in [-0.2, -0.15) is 5.10 Å². The number of carbonyl (C=O) groups excluding carboxylic acids is 3. The van der Waals surface area contributed by atoms with E-state index in [1.165, 1.54) is 16.3 Å². The molecule has 1 heterocycles. The lowest BCUT2D eigenvalue weighted by Gasteiger charge is -2.26. The SMILES string of the molecule is CNC[C@H](O)[C@@H](O)[C@H](O)[C@H](O)CO.O=C(O)CCc1cccc(NC(=O)CN2N=C(C3CCCCC3)c3ccccc3N(CC(=O)C3CCCC3)C2=O)c1.